The Bertz CT molecular complexity index is 529. The number of carbonyl (C=O) groups excluding carboxylic acids is 1. The Labute approximate surface area is 106 Å². The van der Waals surface area contributed by atoms with Gasteiger partial charge in [0.1, 0.15) is 5.76 Å². The van der Waals surface area contributed by atoms with E-state index < -0.39 is 0 Å². The molecule has 0 atom stereocenters. The van der Waals surface area contributed by atoms with Crippen molar-refractivity contribution in [3.05, 3.63) is 47.2 Å². The topological polar surface area (TPSA) is 55.1 Å². The minimum atomic E-state index is -0.0520. The maximum atomic E-state index is 11.7. The lowest BCUT2D eigenvalue weighted by Gasteiger charge is -2.02. The van der Waals surface area contributed by atoms with Gasteiger partial charge < -0.3 is 9.84 Å². The molecule has 1 N–H and O–H groups in total. The molecule has 94 valence electrons. The Morgan fingerprint density at radius 1 is 1.28 bits per heavy atom. The third-order valence-corrected chi connectivity index (χ3v) is 2.66. The number of hydrogen-bond donors (Lipinski definition) is 1. The van der Waals surface area contributed by atoms with E-state index in [1.165, 1.54) is 5.56 Å². The van der Waals surface area contributed by atoms with Gasteiger partial charge in [-0.2, -0.15) is 0 Å². The zero-order valence-electron chi connectivity index (χ0n) is 10.6. The van der Waals surface area contributed by atoms with Gasteiger partial charge in [-0.15, -0.1) is 0 Å². The molecular weight excluding hydrogens is 228 g/mol. The van der Waals surface area contributed by atoms with E-state index in [1.54, 1.807) is 13.0 Å². The molecule has 0 saturated carbocycles. The quantitative estimate of drug-likeness (QED) is 0.899. The first-order valence-corrected chi connectivity index (χ1v) is 5.92. The van der Waals surface area contributed by atoms with Gasteiger partial charge in [0.15, 0.2) is 5.82 Å². The van der Waals surface area contributed by atoms with Gasteiger partial charge in [-0.25, -0.2) is 0 Å². The lowest BCUT2D eigenvalue weighted by molar-refractivity contribution is -0.116. The summed E-state index contributed by atoms with van der Waals surface area (Å²) in [6.07, 6.45) is 1.16. The molecule has 1 aromatic heterocycles. The summed E-state index contributed by atoms with van der Waals surface area (Å²) in [6.45, 7) is 3.83. The van der Waals surface area contributed by atoms with Gasteiger partial charge in [0.2, 0.25) is 5.91 Å². The van der Waals surface area contributed by atoms with Crippen molar-refractivity contribution < 1.29 is 9.32 Å². The number of aromatic nitrogens is 1. The van der Waals surface area contributed by atoms with Crippen molar-refractivity contribution >= 4 is 11.7 Å². The number of anilines is 1. The van der Waals surface area contributed by atoms with E-state index in [0.29, 0.717) is 18.0 Å². The maximum Gasteiger partial charge on any atom is 0.225 e. The summed E-state index contributed by atoms with van der Waals surface area (Å²) in [5.74, 6) is 1.11. The second-order valence-electron chi connectivity index (χ2n) is 4.36. The summed E-state index contributed by atoms with van der Waals surface area (Å²) in [5.41, 5.74) is 2.38. The minimum absolute atomic E-state index is 0.0520. The molecule has 2 rings (SSSR count). The highest BCUT2D eigenvalue weighted by molar-refractivity contribution is 5.89. The van der Waals surface area contributed by atoms with E-state index in [1.807, 2.05) is 31.2 Å². The van der Waals surface area contributed by atoms with Gasteiger partial charge in [0.05, 0.1) is 0 Å². The van der Waals surface area contributed by atoms with Crippen LogP contribution in [0.15, 0.2) is 34.9 Å². The highest BCUT2D eigenvalue weighted by Crippen LogP contribution is 2.09. The molecule has 2 aromatic rings. The molecule has 0 aliphatic rings. The molecule has 1 amide bonds. The molecule has 4 nitrogen and oxygen atoms in total. The van der Waals surface area contributed by atoms with Gasteiger partial charge in [-0.05, 0) is 25.8 Å². The molecule has 0 spiro atoms. The van der Waals surface area contributed by atoms with E-state index in [9.17, 15) is 4.79 Å². The van der Waals surface area contributed by atoms with Crippen LogP contribution >= 0.6 is 0 Å². The normalized spacial score (nSPS) is 10.3. The zero-order valence-corrected chi connectivity index (χ0v) is 10.6. The smallest absolute Gasteiger partial charge is 0.225 e. The van der Waals surface area contributed by atoms with Crippen molar-refractivity contribution in [2.24, 2.45) is 0 Å². The number of nitrogens with one attached hydrogen (secondary N) is 1. The highest BCUT2D eigenvalue weighted by Gasteiger charge is 2.06. The molecule has 4 heteroatoms. The first kappa shape index (κ1) is 12.4. The second-order valence-corrected chi connectivity index (χ2v) is 4.36. The van der Waals surface area contributed by atoms with Gasteiger partial charge in [-0.3, -0.25) is 4.79 Å². The van der Waals surface area contributed by atoms with E-state index >= 15 is 0 Å². The van der Waals surface area contributed by atoms with Crippen LogP contribution in [0.3, 0.4) is 0 Å². The van der Waals surface area contributed by atoms with Crippen LogP contribution in [-0.2, 0) is 11.2 Å². The van der Waals surface area contributed by atoms with Crippen LogP contribution in [0.1, 0.15) is 23.3 Å². The van der Waals surface area contributed by atoms with Crippen LogP contribution in [0, 0.1) is 13.8 Å². The molecule has 0 radical (unpaired) electrons. The standard InChI is InChI=1S/C14H16N2O2/c1-10-3-5-12(6-4-10)7-8-14(17)15-13-9-11(2)18-16-13/h3-6,9H,7-8H2,1-2H3,(H,15,16,17). The van der Waals surface area contributed by atoms with Crippen molar-refractivity contribution in [2.75, 3.05) is 5.32 Å². The molecular formula is C14H16N2O2. The number of nitrogens with zero attached hydrogens (tertiary/aromatic N) is 1. The monoisotopic (exact) mass is 244 g/mol. The molecule has 0 aliphatic carbocycles. The molecule has 0 bridgehead atoms. The fraction of sp³-hybridized carbons (Fsp3) is 0.286. The number of carbonyl (C=O) groups is 1. The molecule has 1 heterocycles. The van der Waals surface area contributed by atoms with Crippen LogP contribution < -0.4 is 5.32 Å². The Hall–Kier alpha value is -2.10. The van der Waals surface area contributed by atoms with Crippen LogP contribution in [0.5, 0.6) is 0 Å². The van der Waals surface area contributed by atoms with E-state index in [2.05, 4.69) is 10.5 Å². The van der Waals surface area contributed by atoms with Crippen molar-refractivity contribution in [3.8, 4) is 0 Å². The van der Waals surface area contributed by atoms with Crippen LogP contribution in [0.2, 0.25) is 0 Å². The molecule has 1 aromatic carbocycles. The van der Waals surface area contributed by atoms with Crippen LogP contribution in [0.4, 0.5) is 5.82 Å². The maximum absolute atomic E-state index is 11.7. The summed E-state index contributed by atoms with van der Waals surface area (Å²) >= 11 is 0. The van der Waals surface area contributed by atoms with Gasteiger partial charge >= 0.3 is 0 Å². The lowest BCUT2D eigenvalue weighted by Crippen LogP contribution is -2.12. The molecule has 0 saturated heterocycles. The van der Waals surface area contributed by atoms with Crippen LogP contribution in [-0.4, -0.2) is 11.1 Å². The second kappa shape index (κ2) is 5.49. The zero-order chi connectivity index (χ0) is 13.0. The van der Waals surface area contributed by atoms with Crippen LogP contribution in [0.25, 0.3) is 0 Å². The van der Waals surface area contributed by atoms with E-state index in [0.717, 1.165) is 12.0 Å². The fourth-order valence-corrected chi connectivity index (χ4v) is 1.64. The Morgan fingerprint density at radius 3 is 2.61 bits per heavy atom. The average molecular weight is 244 g/mol. The SMILES string of the molecule is Cc1ccc(CCC(=O)Nc2cc(C)on2)cc1. The number of aryl methyl sites for hydroxylation is 3. The summed E-state index contributed by atoms with van der Waals surface area (Å²) in [7, 11) is 0. The number of hydrogen-bond acceptors (Lipinski definition) is 3. The summed E-state index contributed by atoms with van der Waals surface area (Å²) in [5, 5.41) is 6.42. The predicted octanol–water partition coefficient (Wildman–Crippen LogP) is 2.86. The first-order chi connectivity index (χ1) is 8.63. The van der Waals surface area contributed by atoms with Crippen molar-refractivity contribution in [1.82, 2.24) is 5.16 Å². The average Bonchev–Trinajstić information content (AvgIpc) is 2.74. The molecule has 0 aliphatic heterocycles. The summed E-state index contributed by atoms with van der Waals surface area (Å²) in [4.78, 5) is 11.7. The number of amides is 1. The Morgan fingerprint density at radius 2 is 2.00 bits per heavy atom. The molecule has 18 heavy (non-hydrogen) atoms. The summed E-state index contributed by atoms with van der Waals surface area (Å²) < 4.78 is 4.88. The third kappa shape index (κ3) is 3.45. The lowest BCUT2D eigenvalue weighted by atomic mass is 10.1. The third-order valence-electron chi connectivity index (χ3n) is 2.66. The highest BCUT2D eigenvalue weighted by atomic mass is 16.5. The Kier molecular flexibility index (Phi) is 3.77. The Balaban J connectivity index is 1.83. The predicted molar refractivity (Wildman–Crippen MR) is 69.4 cm³/mol. The fourth-order valence-electron chi connectivity index (χ4n) is 1.64. The van der Waals surface area contributed by atoms with Gasteiger partial charge in [-0.1, -0.05) is 35.0 Å². The number of rotatable bonds is 4. The molecule has 0 unspecified atom stereocenters. The minimum Gasteiger partial charge on any atom is -0.360 e. The summed E-state index contributed by atoms with van der Waals surface area (Å²) in [6, 6.07) is 9.89. The van der Waals surface area contributed by atoms with Crippen molar-refractivity contribution in [2.45, 2.75) is 26.7 Å². The van der Waals surface area contributed by atoms with Gasteiger partial charge in [0, 0.05) is 12.5 Å². The van der Waals surface area contributed by atoms with E-state index in [-0.39, 0.29) is 5.91 Å². The first-order valence-electron chi connectivity index (χ1n) is 5.92. The number of benzene rings is 1. The van der Waals surface area contributed by atoms with Gasteiger partial charge in [0.25, 0.3) is 0 Å². The molecule has 0 fully saturated rings. The van der Waals surface area contributed by atoms with Crippen molar-refractivity contribution in [1.29, 1.82) is 0 Å². The largest absolute Gasteiger partial charge is 0.360 e. The van der Waals surface area contributed by atoms with Crippen molar-refractivity contribution in [3.63, 3.8) is 0 Å². The van der Waals surface area contributed by atoms with E-state index in [4.69, 9.17) is 4.52 Å².